The van der Waals surface area contributed by atoms with Crippen LogP contribution in [0.5, 0.6) is 0 Å². The van der Waals surface area contributed by atoms with E-state index in [-0.39, 0.29) is 6.61 Å². The van der Waals surface area contributed by atoms with Crippen molar-refractivity contribution in [2.45, 2.75) is 70.6 Å². The molecule has 0 aromatic heterocycles. The Balaban J connectivity index is 2.28. The van der Waals surface area contributed by atoms with Crippen molar-refractivity contribution in [3.8, 4) is 0 Å². The first-order valence-electron chi connectivity index (χ1n) is 6.72. The Morgan fingerprint density at radius 3 is 1.53 bits per heavy atom. The van der Waals surface area contributed by atoms with E-state index in [1.165, 1.54) is 76.2 Å². The molecule has 1 N–H and O–H groups in total. The highest BCUT2D eigenvalue weighted by atomic mass is 16.2. The van der Waals surface area contributed by atoms with Crippen LogP contribution in [0.4, 0.5) is 0 Å². The molecule has 0 aromatic rings. The van der Waals surface area contributed by atoms with Crippen molar-refractivity contribution < 1.29 is 5.11 Å². The Bertz CT molecular complexity index is 158. The molecule has 1 aliphatic rings. The average molecular weight is 210 g/mol. The summed E-state index contributed by atoms with van der Waals surface area (Å²) in [6.07, 6.45) is 17.0. The summed E-state index contributed by atoms with van der Waals surface area (Å²) in [6, 6.07) is 0. The van der Waals surface area contributed by atoms with E-state index in [4.69, 9.17) is 5.11 Å². The summed E-state index contributed by atoms with van der Waals surface area (Å²) in [5.74, 6) is 0. The molecule has 88 valence electrons. The Kier molecular flexibility index (Phi) is 7.63. The molecule has 1 rings (SSSR count). The van der Waals surface area contributed by atoms with Gasteiger partial charge in [0.05, 0.1) is 6.61 Å². The summed E-state index contributed by atoms with van der Waals surface area (Å²) in [7, 11) is 0. The van der Waals surface area contributed by atoms with Crippen LogP contribution in [0.15, 0.2) is 11.6 Å². The molecule has 0 spiro atoms. The lowest BCUT2D eigenvalue weighted by Crippen LogP contribution is -1.91. The minimum absolute atomic E-state index is 0.231. The van der Waals surface area contributed by atoms with Crippen molar-refractivity contribution in [2.75, 3.05) is 6.61 Å². The van der Waals surface area contributed by atoms with Crippen molar-refractivity contribution in [3.63, 3.8) is 0 Å². The van der Waals surface area contributed by atoms with Gasteiger partial charge in [-0.2, -0.15) is 0 Å². The molecule has 1 fully saturated rings. The van der Waals surface area contributed by atoms with Crippen molar-refractivity contribution in [1.82, 2.24) is 0 Å². The maximum atomic E-state index is 8.93. The summed E-state index contributed by atoms with van der Waals surface area (Å²) in [6.45, 7) is 0.231. The number of hydrogen-bond acceptors (Lipinski definition) is 1. The molecule has 0 radical (unpaired) electrons. The van der Waals surface area contributed by atoms with Crippen molar-refractivity contribution in [3.05, 3.63) is 11.6 Å². The second kappa shape index (κ2) is 8.96. The normalized spacial score (nSPS) is 21.5. The van der Waals surface area contributed by atoms with E-state index in [1.807, 2.05) is 6.08 Å². The standard InChI is InChI=1S/C14H26O/c15-13-12-14-10-8-6-4-2-1-3-5-7-9-11-14/h12,15H,1-11,13H2. The minimum atomic E-state index is 0.231. The van der Waals surface area contributed by atoms with Crippen LogP contribution >= 0.6 is 0 Å². The van der Waals surface area contributed by atoms with Crippen LogP contribution in [-0.2, 0) is 0 Å². The van der Waals surface area contributed by atoms with Gasteiger partial charge in [-0.1, -0.05) is 56.6 Å². The number of rotatable bonds is 1. The monoisotopic (exact) mass is 210 g/mol. The highest BCUT2D eigenvalue weighted by Gasteiger charge is 2.00. The molecule has 0 unspecified atom stereocenters. The first-order valence-corrected chi connectivity index (χ1v) is 6.72. The fourth-order valence-electron chi connectivity index (χ4n) is 2.40. The fourth-order valence-corrected chi connectivity index (χ4v) is 2.40. The van der Waals surface area contributed by atoms with Gasteiger partial charge in [0.15, 0.2) is 0 Å². The Labute approximate surface area is 94.6 Å². The molecule has 1 heteroatoms. The predicted molar refractivity (Wildman–Crippen MR) is 66.0 cm³/mol. The van der Waals surface area contributed by atoms with Gasteiger partial charge < -0.3 is 5.11 Å². The SMILES string of the molecule is OCC=C1CCCCCCCCCCC1. The van der Waals surface area contributed by atoms with Gasteiger partial charge in [-0.3, -0.25) is 0 Å². The molecule has 0 amide bonds. The van der Waals surface area contributed by atoms with Gasteiger partial charge in [0.1, 0.15) is 0 Å². The number of hydrogen-bond donors (Lipinski definition) is 1. The molecule has 0 aliphatic heterocycles. The third-order valence-corrected chi connectivity index (χ3v) is 3.38. The lowest BCUT2D eigenvalue weighted by molar-refractivity contribution is 0.340. The molecule has 0 saturated heterocycles. The number of allylic oxidation sites excluding steroid dienone is 1. The molecule has 0 aromatic carbocycles. The predicted octanol–water partition coefficient (Wildman–Crippen LogP) is 4.21. The quantitative estimate of drug-likeness (QED) is 0.643. The number of aliphatic hydroxyl groups excluding tert-OH is 1. The smallest absolute Gasteiger partial charge is 0.0615 e. The van der Waals surface area contributed by atoms with E-state index >= 15 is 0 Å². The van der Waals surface area contributed by atoms with Gasteiger partial charge in [-0.05, 0) is 25.7 Å². The molecular weight excluding hydrogens is 184 g/mol. The molecule has 1 saturated carbocycles. The van der Waals surface area contributed by atoms with Gasteiger partial charge in [0.2, 0.25) is 0 Å². The van der Waals surface area contributed by atoms with E-state index in [0.717, 1.165) is 0 Å². The zero-order chi connectivity index (χ0) is 10.8. The first kappa shape index (κ1) is 12.8. The van der Waals surface area contributed by atoms with Gasteiger partial charge in [-0.25, -0.2) is 0 Å². The molecule has 15 heavy (non-hydrogen) atoms. The van der Waals surface area contributed by atoms with E-state index in [0.29, 0.717) is 0 Å². The zero-order valence-corrected chi connectivity index (χ0v) is 10.0. The highest BCUT2D eigenvalue weighted by Crippen LogP contribution is 2.19. The van der Waals surface area contributed by atoms with Gasteiger partial charge in [0.25, 0.3) is 0 Å². The summed E-state index contributed by atoms with van der Waals surface area (Å²) in [5.41, 5.74) is 1.50. The van der Waals surface area contributed by atoms with Gasteiger partial charge in [0, 0.05) is 0 Å². The van der Waals surface area contributed by atoms with Crippen LogP contribution in [0.3, 0.4) is 0 Å². The third kappa shape index (κ3) is 6.72. The van der Waals surface area contributed by atoms with Crippen molar-refractivity contribution in [2.24, 2.45) is 0 Å². The summed E-state index contributed by atoms with van der Waals surface area (Å²) < 4.78 is 0. The van der Waals surface area contributed by atoms with Gasteiger partial charge >= 0.3 is 0 Å². The van der Waals surface area contributed by atoms with E-state index in [9.17, 15) is 0 Å². The molecular formula is C14H26O. The largest absolute Gasteiger partial charge is 0.392 e. The van der Waals surface area contributed by atoms with Crippen LogP contribution in [0.2, 0.25) is 0 Å². The summed E-state index contributed by atoms with van der Waals surface area (Å²) >= 11 is 0. The zero-order valence-electron chi connectivity index (χ0n) is 10.0. The molecule has 0 atom stereocenters. The lowest BCUT2D eigenvalue weighted by atomic mass is 9.97. The van der Waals surface area contributed by atoms with E-state index < -0.39 is 0 Å². The molecule has 0 bridgehead atoms. The van der Waals surface area contributed by atoms with Crippen LogP contribution in [0.25, 0.3) is 0 Å². The maximum Gasteiger partial charge on any atom is 0.0615 e. The van der Waals surface area contributed by atoms with Crippen LogP contribution in [0, 0.1) is 0 Å². The van der Waals surface area contributed by atoms with Crippen molar-refractivity contribution in [1.29, 1.82) is 0 Å². The van der Waals surface area contributed by atoms with E-state index in [1.54, 1.807) is 0 Å². The second-order valence-corrected chi connectivity index (χ2v) is 4.73. The Hall–Kier alpha value is -0.300. The average Bonchev–Trinajstić information content (AvgIpc) is 2.22. The fraction of sp³-hybridized carbons (Fsp3) is 0.857. The summed E-state index contributed by atoms with van der Waals surface area (Å²) in [5, 5.41) is 8.93. The maximum absolute atomic E-state index is 8.93. The minimum Gasteiger partial charge on any atom is -0.392 e. The first-order chi connectivity index (χ1) is 7.43. The number of aliphatic hydroxyl groups is 1. The molecule has 0 heterocycles. The molecule has 1 nitrogen and oxygen atoms in total. The Morgan fingerprint density at radius 1 is 0.733 bits per heavy atom. The van der Waals surface area contributed by atoms with Gasteiger partial charge in [-0.15, -0.1) is 0 Å². The van der Waals surface area contributed by atoms with Crippen LogP contribution < -0.4 is 0 Å². The Morgan fingerprint density at radius 2 is 1.13 bits per heavy atom. The van der Waals surface area contributed by atoms with E-state index in [2.05, 4.69) is 0 Å². The van der Waals surface area contributed by atoms with Crippen molar-refractivity contribution >= 4 is 0 Å². The molecule has 1 aliphatic carbocycles. The third-order valence-electron chi connectivity index (χ3n) is 3.38. The van der Waals surface area contributed by atoms with Crippen LogP contribution in [-0.4, -0.2) is 11.7 Å². The topological polar surface area (TPSA) is 20.2 Å². The van der Waals surface area contributed by atoms with Crippen LogP contribution in [0.1, 0.15) is 70.6 Å². The lowest BCUT2D eigenvalue weighted by Gasteiger charge is -2.09. The summed E-state index contributed by atoms with van der Waals surface area (Å²) in [4.78, 5) is 0. The highest BCUT2D eigenvalue weighted by molar-refractivity contribution is 5.01. The second-order valence-electron chi connectivity index (χ2n) is 4.73.